The smallest absolute Gasteiger partial charge is 0.328 e. The number of guanidine groups is 1. The minimum atomic E-state index is -4.02. The third-order valence-corrected chi connectivity index (χ3v) is 6.64. The molecular formula is C21H25Cl2N5O5S. The van der Waals surface area contributed by atoms with Gasteiger partial charge in [0.15, 0.2) is 15.8 Å². The standard InChI is InChI=1S/C21H25Cl2N5O5S/c22-15-9-14(10-16(23)11-15)12-27-28(18(20(30)31)7-4-8-26-21(24)25)19(29)13-34(32,33)17-5-2-1-3-6-17/h1-3,5-6,9-11,18,27H,4,7-8,12-13H2,(H,30,31)(H4,24,25,26)/t18-/m0/s1. The fraction of sp³-hybridized carbons (Fsp3) is 0.286. The third kappa shape index (κ3) is 8.49. The second kappa shape index (κ2) is 12.6. The summed E-state index contributed by atoms with van der Waals surface area (Å²) >= 11 is 12.0. The first-order chi connectivity index (χ1) is 16.0. The van der Waals surface area contributed by atoms with Crippen LogP contribution in [0.2, 0.25) is 10.0 Å². The highest BCUT2D eigenvalue weighted by atomic mass is 35.5. The molecule has 34 heavy (non-hydrogen) atoms. The average Bonchev–Trinajstić information content (AvgIpc) is 2.74. The predicted octanol–water partition coefficient (Wildman–Crippen LogP) is 1.81. The molecule has 0 saturated carbocycles. The van der Waals surface area contributed by atoms with Crippen LogP contribution in [0.25, 0.3) is 0 Å². The molecule has 1 amide bonds. The van der Waals surface area contributed by atoms with Crippen molar-refractivity contribution in [2.45, 2.75) is 30.3 Å². The van der Waals surface area contributed by atoms with E-state index in [-0.39, 0.29) is 36.8 Å². The molecule has 10 nitrogen and oxygen atoms in total. The van der Waals surface area contributed by atoms with Gasteiger partial charge in [0.25, 0.3) is 5.91 Å². The van der Waals surface area contributed by atoms with Gasteiger partial charge in [-0.25, -0.2) is 18.6 Å². The van der Waals surface area contributed by atoms with E-state index in [0.717, 1.165) is 5.01 Å². The van der Waals surface area contributed by atoms with E-state index >= 15 is 0 Å². The molecule has 0 saturated heterocycles. The second-order valence-electron chi connectivity index (χ2n) is 7.25. The summed E-state index contributed by atoms with van der Waals surface area (Å²) in [4.78, 5) is 28.8. The number of carboxylic acids is 1. The van der Waals surface area contributed by atoms with Crippen molar-refractivity contribution in [3.8, 4) is 0 Å². The van der Waals surface area contributed by atoms with Gasteiger partial charge in [-0.1, -0.05) is 41.4 Å². The van der Waals surface area contributed by atoms with Crippen LogP contribution < -0.4 is 16.9 Å². The van der Waals surface area contributed by atoms with Crippen LogP contribution in [0.15, 0.2) is 58.4 Å². The topological polar surface area (TPSA) is 168 Å². The summed E-state index contributed by atoms with van der Waals surface area (Å²) in [7, 11) is -4.02. The molecule has 0 aliphatic rings. The maximum absolute atomic E-state index is 13.1. The van der Waals surface area contributed by atoms with Crippen LogP contribution in [0.4, 0.5) is 0 Å². The van der Waals surface area contributed by atoms with Crippen LogP contribution in [-0.2, 0) is 26.0 Å². The zero-order chi connectivity index (χ0) is 25.3. The average molecular weight is 530 g/mol. The van der Waals surface area contributed by atoms with Crippen molar-refractivity contribution in [2.75, 3.05) is 12.3 Å². The predicted molar refractivity (Wildman–Crippen MR) is 130 cm³/mol. The molecule has 1 atom stereocenters. The summed E-state index contributed by atoms with van der Waals surface area (Å²) in [6.07, 6.45) is 0.196. The van der Waals surface area contributed by atoms with E-state index in [4.69, 9.17) is 34.7 Å². The highest BCUT2D eigenvalue weighted by Crippen LogP contribution is 2.20. The number of carbonyl (C=O) groups excluding carboxylic acids is 1. The number of sulfone groups is 1. The fourth-order valence-corrected chi connectivity index (χ4v) is 4.83. The van der Waals surface area contributed by atoms with Gasteiger partial charge in [-0.2, -0.15) is 0 Å². The molecule has 0 spiro atoms. The number of aliphatic carboxylic acids is 1. The Bertz CT molecular complexity index is 1120. The van der Waals surface area contributed by atoms with Crippen LogP contribution in [0.1, 0.15) is 18.4 Å². The SMILES string of the molecule is NC(N)=NCCC[C@@H](C(=O)O)N(NCc1cc(Cl)cc(Cl)c1)C(=O)CS(=O)(=O)c1ccccc1. The molecule has 0 unspecified atom stereocenters. The highest BCUT2D eigenvalue weighted by molar-refractivity contribution is 7.92. The Hall–Kier alpha value is -2.86. The summed E-state index contributed by atoms with van der Waals surface area (Å²) in [5.41, 5.74) is 13.9. The Morgan fingerprint density at radius 3 is 2.26 bits per heavy atom. The minimum Gasteiger partial charge on any atom is -0.480 e. The van der Waals surface area contributed by atoms with Crippen LogP contribution >= 0.6 is 23.2 Å². The van der Waals surface area contributed by atoms with E-state index in [9.17, 15) is 23.1 Å². The monoisotopic (exact) mass is 529 g/mol. The van der Waals surface area contributed by atoms with Gasteiger partial charge in [0.05, 0.1) is 4.90 Å². The number of hydrazine groups is 1. The fourth-order valence-electron chi connectivity index (χ4n) is 3.06. The first-order valence-corrected chi connectivity index (χ1v) is 12.5. The van der Waals surface area contributed by atoms with Crippen molar-refractivity contribution in [1.82, 2.24) is 10.4 Å². The minimum absolute atomic E-state index is 0.0327. The van der Waals surface area contributed by atoms with E-state index in [1.807, 2.05) is 0 Å². The largest absolute Gasteiger partial charge is 0.480 e. The van der Waals surface area contributed by atoms with Gasteiger partial charge < -0.3 is 16.6 Å². The number of hydrogen-bond donors (Lipinski definition) is 4. The molecule has 0 aromatic heterocycles. The van der Waals surface area contributed by atoms with Gasteiger partial charge in [-0.3, -0.25) is 14.8 Å². The number of nitrogens with one attached hydrogen (secondary N) is 1. The number of carboxylic acid groups (broad SMARTS) is 1. The number of nitrogens with two attached hydrogens (primary N) is 2. The van der Waals surface area contributed by atoms with Crippen molar-refractivity contribution in [1.29, 1.82) is 0 Å². The second-order valence-corrected chi connectivity index (χ2v) is 10.1. The van der Waals surface area contributed by atoms with Crippen LogP contribution in [0, 0.1) is 0 Å². The molecule has 2 rings (SSSR count). The van der Waals surface area contributed by atoms with E-state index in [1.165, 1.54) is 30.3 Å². The maximum atomic E-state index is 13.1. The normalized spacial score (nSPS) is 12.1. The summed E-state index contributed by atoms with van der Waals surface area (Å²) in [5.74, 6) is -3.35. The molecular weight excluding hydrogens is 505 g/mol. The quantitative estimate of drug-likeness (QED) is 0.139. The summed E-state index contributed by atoms with van der Waals surface area (Å²) in [5, 5.41) is 11.3. The Kier molecular flexibility index (Phi) is 10.1. The lowest BCUT2D eigenvalue weighted by Gasteiger charge is -2.29. The van der Waals surface area contributed by atoms with E-state index in [1.54, 1.807) is 18.2 Å². The molecule has 13 heteroatoms. The van der Waals surface area contributed by atoms with Crippen LogP contribution in [0.5, 0.6) is 0 Å². The molecule has 2 aromatic rings. The Balaban J connectivity index is 2.28. The summed E-state index contributed by atoms with van der Waals surface area (Å²) < 4.78 is 25.5. The van der Waals surface area contributed by atoms with Gasteiger partial charge in [0.2, 0.25) is 0 Å². The molecule has 2 aromatic carbocycles. The first-order valence-electron chi connectivity index (χ1n) is 10.1. The van der Waals surface area contributed by atoms with Crippen molar-refractivity contribution in [3.63, 3.8) is 0 Å². The van der Waals surface area contributed by atoms with Gasteiger partial charge in [0.1, 0.15) is 11.8 Å². The molecule has 0 aliphatic heterocycles. The van der Waals surface area contributed by atoms with Crippen molar-refractivity contribution < 1.29 is 23.1 Å². The van der Waals surface area contributed by atoms with E-state index < -0.39 is 33.5 Å². The van der Waals surface area contributed by atoms with Gasteiger partial charge in [0, 0.05) is 23.1 Å². The number of benzene rings is 2. The molecule has 184 valence electrons. The lowest BCUT2D eigenvalue weighted by molar-refractivity contribution is -0.152. The lowest BCUT2D eigenvalue weighted by atomic mass is 10.1. The number of carbonyl (C=O) groups is 2. The molecule has 0 fully saturated rings. The number of aliphatic imine (C=N–C) groups is 1. The number of nitrogens with zero attached hydrogens (tertiary/aromatic N) is 2. The number of rotatable bonds is 12. The van der Waals surface area contributed by atoms with E-state index in [2.05, 4.69) is 10.4 Å². The first kappa shape index (κ1) is 27.4. The summed E-state index contributed by atoms with van der Waals surface area (Å²) in [6.45, 7) is 0.107. The van der Waals surface area contributed by atoms with Gasteiger partial charge in [-0.15, -0.1) is 0 Å². The Morgan fingerprint density at radius 1 is 1.09 bits per heavy atom. The molecule has 0 aliphatic carbocycles. The van der Waals surface area contributed by atoms with Crippen molar-refractivity contribution >= 4 is 50.9 Å². The maximum Gasteiger partial charge on any atom is 0.328 e. The van der Waals surface area contributed by atoms with Gasteiger partial charge in [-0.05, 0) is 48.7 Å². The molecule has 0 heterocycles. The number of halogens is 2. The zero-order valence-corrected chi connectivity index (χ0v) is 20.4. The number of amides is 1. The third-order valence-electron chi connectivity index (χ3n) is 4.59. The van der Waals surface area contributed by atoms with Gasteiger partial charge >= 0.3 is 5.97 Å². The van der Waals surface area contributed by atoms with Crippen LogP contribution in [0.3, 0.4) is 0 Å². The number of hydrogen-bond acceptors (Lipinski definition) is 6. The highest BCUT2D eigenvalue weighted by Gasteiger charge is 2.32. The lowest BCUT2D eigenvalue weighted by Crippen LogP contribution is -2.54. The molecule has 0 radical (unpaired) electrons. The Labute approximate surface area is 207 Å². The molecule has 6 N–H and O–H groups in total. The van der Waals surface area contributed by atoms with Crippen molar-refractivity contribution in [3.05, 3.63) is 64.1 Å². The zero-order valence-electron chi connectivity index (χ0n) is 18.0. The summed E-state index contributed by atoms with van der Waals surface area (Å²) in [6, 6.07) is 10.7. The van der Waals surface area contributed by atoms with Crippen molar-refractivity contribution in [2.24, 2.45) is 16.5 Å². The van der Waals surface area contributed by atoms with Crippen LogP contribution in [-0.4, -0.2) is 54.7 Å². The Morgan fingerprint density at radius 2 is 1.71 bits per heavy atom. The van der Waals surface area contributed by atoms with E-state index in [0.29, 0.717) is 15.6 Å². The molecule has 0 bridgehead atoms.